The van der Waals surface area contributed by atoms with E-state index in [1.165, 1.54) is 0 Å². The lowest BCUT2D eigenvalue weighted by molar-refractivity contribution is 0.730. The normalized spacial score (nSPS) is 10.6. The molecular formula is C12H17ClN6. The molecule has 0 aliphatic heterocycles. The molecule has 0 fully saturated rings. The van der Waals surface area contributed by atoms with E-state index in [2.05, 4.69) is 25.7 Å². The van der Waals surface area contributed by atoms with Crippen LogP contribution in [-0.4, -0.2) is 26.8 Å². The quantitative estimate of drug-likeness (QED) is 0.898. The first-order valence-corrected chi connectivity index (χ1v) is 6.34. The van der Waals surface area contributed by atoms with Gasteiger partial charge in [0.15, 0.2) is 5.82 Å². The first-order chi connectivity index (χ1) is 9.02. The Labute approximate surface area is 117 Å². The number of hydrogen-bond donors (Lipinski definition) is 2. The maximum absolute atomic E-state index is 6.07. The van der Waals surface area contributed by atoms with Gasteiger partial charge in [-0.1, -0.05) is 11.6 Å². The van der Waals surface area contributed by atoms with E-state index in [-0.39, 0.29) is 0 Å². The molecule has 0 unspecified atom stereocenters. The number of nitrogens with zero attached hydrogens (tertiary/aromatic N) is 4. The van der Waals surface area contributed by atoms with E-state index in [0.29, 0.717) is 23.3 Å². The third-order valence-electron chi connectivity index (χ3n) is 3.06. The first kappa shape index (κ1) is 13.6. The highest BCUT2D eigenvalue weighted by Crippen LogP contribution is 2.21. The van der Waals surface area contributed by atoms with Crippen LogP contribution < -0.4 is 10.6 Å². The molecule has 0 amide bonds. The summed E-state index contributed by atoms with van der Waals surface area (Å²) in [5.74, 6) is 1.15. The summed E-state index contributed by atoms with van der Waals surface area (Å²) in [5, 5.41) is 11.0. The molecule has 0 aliphatic rings. The molecule has 0 aliphatic carbocycles. The summed E-state index contributed by atoms with van der Waals surface area (Å²) in [6, 6.07) is 0. The maximum atomic E-state index is 6.07. The maximum Gasteiger partial charge on any atom is 0.224 e. The molecule has 0 atom stereocenters. The second-order valence-electron chi connectivity index (χ2n) is 4.27. The Morgan fingerprint density at radius 3 is 2.68 bits per heavy atom. The van der Waals surface area contributed by atoms with Gasteiger partial charge in [0.25, 0.3) is 0 Å². The van der Waals surface area contributed by atoms with Crippen molar-refractivity contribution < 1.29 is 0 Å². The van der Waals surface area contributed by atoms with Crippen LogP contribution in [0, 0.1) is 13.8 Å². The van der Waals surface area contributed by atoms with E-state index in [1.807, 2.05) is 25.6 Å². The molecule has 2 heterocycles. The third kappa shape index (κ3) is 2.78. The van der Waals surface area contributed by atoms with Gasteiger partial charge < -0.3 is 10.6 Å². The van der Waals surface area contributed by atoms with Gasteiger partial charge >= 0.3 is 0 Å². The smallest absolute Gasteiger partial charge is 0.224 e. The van der Waals surface area contributed by atoms with Gasteiger partial charge in [0.2, 0.25) is 5.95 Å². The van der Waals surface area contributed by atoms with Crippen LogP contribution in [0.2, 0.25) is 5.02 Å². The highest BCUT2D eigenvalue weighted by Gasteiger charge is 2.10. The minimum absolute atomic E-state index is 0.498. The van der Waals surface area contributed by atoms with Gasteiger partial charge in [0.05, 0.1) is 11.9 Å². The molecule has 6 nitrogen and oxygen atoms in total. The summed E-state index contributed by atoms with van der Waals surface area (Å²) in [6.07, 6.45) is 1.58. The topological polar surface area (TPSA) is 67.7 Å². The van der Waals surface area contributed by atoms with Crippen molar-refractivity contribution in [2.75, 3.05) is 17.7 Å². The lowest BCUT2D eigenvalue weighted by Gasteiger charge is -2.09. The summed E-state index contributed by atoms with van der Waals surface area (Å²) in [4.78, 5) is 8.32. The van der Waals surface area contributed by atoms with E-state index < -0.39 is 0 Å². The third-order valence-corrected chi connectivity index (χ3v) is 3.34. The van der Waals surface area contributed by atoms with Gasteiger partial charge in [0.1, 0.15) is 5.02 Å². The van der Waals surface area contributed by atoms with Crippen molar-refractivity contribution in [3.63, 3.8) is 0 Å². The van der Waals surface area contributed by atoms with Crippen LogP contribution in [-0.2, 0) is 13.6 Å². The Bertz CT molecular complexity index is 592. The van der Waals surface area contributed by atoms with E-state index in [4.69, 9.17) is 11.6 Å². The molecule has 0 bridgehead atoms. The van der Waals surface area contributed by atoms with Crippen molar-refractivity contribution in [1.29, 1.82) is 0 Å². The standard InChI is InChI=1S/C12H17ClN6/c1-7-9(8(2)19(4)18-7)5-15-11-10(13)6-16-12(14-3)17-11/h6H,5H2,1-4H3,(H2,14,15,16,17). The molecule has 0 spiro atoms. The minimum atomic E-state index is 0.498. The highest BCUT2D eigenvalue weighted by molar-refractivity contribution is 6.32. The second kappa shape index (κ2) is 5.44. The number of aryl methyl sites for hydroxylation is 2. The molecule has 7 heteroatoms. The summed E-state index contributed by atoms with van der Waals surface area (Å²) in [6.45, 7) is 4.66. The van der Waals surface area contributed by atoms with Gasteiger partial charge in [-0.05, 0) is 13.8 Å². The van der Waals surface area contributed by atoms with Crippen LogP contribution in [0.15, 0.2) is 6.20 Å². The fraction of sp³-hybridized carbons (Fsp3) is 0.417. The van der Waals surface area contributed by atoms with Crippen LogP contribution in [0.1, 0.15) is 17.0 Å². The molecular weight excluding hydrogens is 264 g/mol. The van der Waals surface area contributed by atoms with Crippen LogP contribution >= 0.6 is 11.6 Å². The van der Waals surface area contributed by atoms with Gasteiger partial charge in [-0.25, -0.2) is 4.98 Å². The fourth-order valence-electron chi connectivity index (χ4n) is 1.86. The molecule has 2 N–H and O–H groups in total. The van der Waals surface area contributed by atoms with Crippen molar-refractivity contribution in [3.8, 4) is 0 Å². The molecule has 2 aromatic rings. The number of rotatable bonds is 4. The largest absolute Gasteiger partial charge is 0.364 e. The Morgan fingerprint density at radius 2 is 2.11 bits per heavy atom. The summed E-state index contributed by atoms with van der Waals surface area (Å²) in [5.41, 5.74) is 3.29. The number of aromatic nitrogens is 4. The monoisotopic (exact) mass is 280 g/mol. The average molecular weight is 281 g/mol. The summed E-state index contributed by atoms with van der Waals surface area (Å²) >= 11 is 6.07. The first-order valence-electron chi connectivity index (χ1n) is 5.96. The average Bonchev–Trinajstić information content (AvgIpc) is 2.63. The van der Waals surface area contributed by atoms with E-state index in [9.17, 15) is 0 Å². The fourth-order valence-corrected chi connectivity index (χ4v) is 2.01. The van der Waals surface area contributed by atoms with Crippen molar-refractivity contribution in [2.24, 2.45) is 7.05 Å². The van der Waals surface area contributed by atoms with E-state index >= 15 is 0 Å². The van der Waals surface area contributed by atoms with Crippen LogP contribution in [0.4, 0.5) is 11.8 Å². The van der Waals surface area contributed by atoms with Gasteiger partial charge in [0, 0.05) is 31.9 Å². The molecule has 0 saturated carbocycles. The Hall–Kier alpha value is -1.82. The number of anilines is 2. The van der Waals surface area contributed by atoms with E-state index in [1.54, 1.807) is 13.2 Å². The number of halogens is 1. The Kier molecular flexibility index (Phi) is 3.90. The summed E-state index contributed by atoms with van der Waals surface area (Å²) < 4.78 is 1.87. The molecule has 102 valence electrons. The predicted octanol–water partition coefficient (Wildman–Crippen LogP) is 2.13. The zero-order valence-electron chi connectivity index (χ0n) is 11.5. The predicted molar refractivity (Wildman–Crippen MR) is 76.6 cm³/mol. The molecule has 19 heavy (non-hydrogen) atoms. The number of nitrogens with one attached hydrogen (secondary N) is 2. The van der Waals surface area contributed by atoms with Crippen molar-refractivity contribution in [1.82, 2.24) is 19.7 Å². The molecule has 2 rings (SSSR count). The molecule has 2 aromatic heterocycles. The van der Waals surface area contributed by atoms with Crippen molar-refractivity contribution in [2.45, 2.75) is 20.4 Å². The molecule has 0 radical (unpaired) electrons. The molecule has 0 aromatic carbocycles. The SMILES string of the molecule is CNc1ncc(Cl)c(NCc2c(C)nn(C)c2C)n1. The Morgan fingerprint density at radius 1 is 1.37 bits per heavy atom. The van der Waals surface area contributed by atoms with Crippen LogP contribution in [0.3, 0.4) is 0 Å². The van der Waals surface area contributed by atoms with Crippen LogP contribution in [0.5, 0.6) is 0 Å². The highest BCUT2D eigenvalue weighted by atomic mass is 35.5. The van der Waals surface area contributed by atoms with Crippen LogP contribution in [0.25, 0.3) is 0 Å². The summed E-state index contributed by atoms with van der Waals surface area (Å²) in [7, 11) is 3.70. The zero-order valence-corrected chi connectivity index (χ0v) is 12.2. The van der Waals surface area contributed by atoms with Crippen molar-refractivity contribution in [3.05, 3.63) is 28.2 Å². The lowest BCUT2D eigenvalue weighted by atomic mass is 10.2. The zero-order chi connectivity index (χ0) is 14.0. The van der Waals surface area contributed by atoms with Gasteiger partial charge in [-0.3, -0.25) is 4.68 Å². The minimum Gasteiger partial charge on any atom is -0.364 e. The Balaban J connectivity index is 2.18. The number of hydrogen-bond acceptors (Lipinski definition) is 5. The van der Waals surface area contributed by atoms with Gasteiger partial charge in [-0.2, -0.15) is 10.1 Å². The van der Waals surface area contributed by atoms with Crippen molar-refractivity contribution >= 4 is 23.4 Å². The molecule has 0 saturated heterocycles. The lowest BCUT2D eigenvalue weighted by Crippen LogP contribution is -2.06. The van der Waals surface area contributed by atoms with Gasteiger partial charge in [-0.15, -0.1) is 0 Å². The second-order valence-corrected chi connectivity index (χ2v) is 4.67. The van der Waals surface area contributed by atoms with E-state index in [0.717, 1.165) is 17.0 Å².